The van der Waals surface area contributed by atoms with Gasteiger partial charge in [0.05, 0.1) is 6.54 Å². The molecule has 2 aliphatic rings. The first kappa shape index (κ1) is 22.3. The summed E-state index contributed by atoms with van der Waals surface area (Å²) in [6, 6.07) is 9.74. The van der Waals surface area contributed by atoms with Gasteiger partial charge in [-0.25, -0.2) is 4.79 Å². The highest BCUT2D eigenvalue weighted by Crippen LogP contribution is 2.28. The number of rotatable bonds is 9. The van der Waals surface area contributed by atoms with Crippen molar-refractivity contribution in [3.8, 4) is 0 Å². The molecule has 2 aliphatic heterocycles. The second kappa shape index (κ2) is 10.1. The third kappa shape index (κ3) is 5.39. The van der Waals surface area contributed by atoms with E-state index in [1.54, 1.807) is 6.08 Å². The van der Waals surface area contributed by atoms with Crippen LogP contribution in [0, 0.1) is 5.92 Å². The average Bonchev–Trinajstić information content (AvgIpc) is 3.20. The number of fused-ring (bicyclic) bond motifs is 1. The zero-order chi connectivity index (χ0) is 21.7. The highest BCUT2D eigenvalue weighted by atomic mass is 32.2. The van der Waals surface area contributed by atoms with Crippen molar-refractivity contribution >= 4 is 35.3 Å². The van der Waals surface area contributed by atoms with Crippen LogP contribution in [-0.2, 0) is 16.0 Å². The Kier molecular flexibility index (Phi) is 7.48. The minimum absolute atomic E-state index is 0.00873. The Morgan fingerprint density at radius 3 is 2.60 bits per heavy atom. The maximum Gasteiger partial charge on any atom is 0.501 e. The van der Waals surface area contributed by atoms with Gasteiger partial charge >= 0.3 is 11.9 Å². The van der Waals surface area contributed by atoms with E-state index < -0.39 is 11.3 Å². The van der Waals surface area contributed by atoms with Crippen molar-refractivity contribution in [2.45, 2.75) is 51.3 Å². The number of hydrogen-bond acceptors (Lipinski definition) is 4. The quantitative estimate of drug-likeness (QED) is 0.613. The molecule has 1 N–H and O–H groups in total. The van der Waals surface area contributed by atoms with Gasteiger partial charge in [0.1, 0.15) is 5.71 Å². The van der Waals surface area contributed by atoms with Crippen LogP contribution in [-0.4, -0.2) is 57.4 Å². The second-order valence-corrected chi connectivity index (χ2v) is 9.29. The number of hydrogen-bond donors (Lipinski definition) is 1. The van der Waals surface area contributed by atoms with Crippen LogP contribution in [0.25, 0.3) is 0 Å². The molecule has 7 heteroatoms. The van der Waals surface area contributed by atoms with E-state index in [-0.39, 0.29) is 24.4 Å². The summed E-state index contributed by atoms with van der Waals surface area (Å²) in [5.74, 6) is -0.00953. The van der Waals surface area contributed by atoms with Crippen LogP contribution in [0.4, 0.5) is 4.79 Å². The molecule has 6 nitrogen and oxygen atoms in total. The zero-order valence-electron chi connectivity index (χ0n) is 17.8. The van der Waals surface area contributed by atoms with Gasteiger partial charge in [-0.15, -0.1) is 11.8 Å². The Morgan fingerprint density at radius 2 is 1.90 bits per heavy atom. The molecular weight excluding hydrogens is 398 g/mol. The monoisotopic (exact) mass is 428 g/mol. The van der Waals surface area contributed by atoms with Crippen LogP contribution in [0.2, 0.25) is 0 Å². The van der Waals surface area contributed by atoms with E-state index in [2.05, 4.69) is 31.3 Å². The molecule has 4 amide bonds. The fraction of sp³-hybridized carbons (Fsp3) is 0.478. The molecule has 2 heterocycles. The molecule has 30 heavy (non-hydrogen) atoms. The highest BCUT2D eigenvalue weighted by molar-refractivity contribution is 8.04. The Morgan fingerprint density at radius 1 is 1.17 bits per heavy atom. The molecule has 0 saturated carbocycles. The first-order valence-corrected chi connectivity index (χ1v) is 11.5. The summed E-state index contributed by atoms with van der Waals surface area (Å²) < 4.78 is 1.46. The van der Waals surface area contributed by atoms with E-state index in [1.165, 1.54) is 26.8 Å². The molecule has 0 aliphatic carbocycles. The largest absolute Gasteiger partial charge is 0.501 e. The van der Waals surface area contributed by atoms with Crippen molar-refractivity contribution in [2.75, 3.05) is 13.1 Å². The van der Waals surface area contributed by atoms with E-state index in [0.717, 1.165) is 19.3 Å². The zero-order valence-corrected chi connectivity index (χ0v) is 18.7. The highest BCUT2D eigenvalue weighted by Gasteiger charge is 2.49. The third-order valence-corrected chi connectivity index (χ3v) is 6.34. The lowest BCUT2D eigenvalue weighted by molar-refractivity contribution is -0.426. The van der Waals surface area contributed by atoms with E-state index in [1.807, 2.05) is 30.5 Å². The van der Waals surface area contributed by atoms with Crippen molar-refractivity contribution in [3.63, 3.8) is 0 Å². The lowest BCUT2D eigenvalue weighted by Crippen LogP contribution is -2.57. The van der Waals surface area contributed by atoms with Gasteiger partial charge in [-0.1, -0.05) is 44.2 Å². The SMILES string of the molecule is CC(C)CCN1C(=O)C2SC=CC2=[N+](CC(=O)NC(C)CCc2ccccc2)C1=O. The van der Waals surface area contributed by atoms with Gasteiger partial charge in [-0.2, -0.15) is 14.3 Å². The smallest absolute Gasteiger partial charge is 0.350 e. The number of aryl methyl sites for hydroxylation is 1. The number of benzene rings is 1. The molecule has 0 fully saturated rings. The molecular formula is C23H30N3O3S+. The van der Waals surface area contributed by atoms with Crippen LogP contribution in [0.3, 0.4) is 0 Å². The van der Waals surface area contributed by atoms with E-state index >= 15 is 0 Å². The normalized spacial score (nSPS) is 19.5. The van der Waals surface area contributed by atoms with Gasteiger partial charge in [-0.3, -0.25) is 4.79 Å². The molecule has 1 aromatic rings. The number of carbonyl (C=O) groups is 3. The minimum Gasteiger partial charge on any atom is -0.350 e. The fourth-order valence-electron chi connectivity index (χ4n) is 3.57. The predicted molar refractivity (Wildman–Crippen MR) is 120 cm³/mol. The second-order valence-electron chi connectivity index (χ2n) is 8.28. The summed E-state index contributed by atoms with van der Waals surface area (Å²) in [7, 11) is 0. The van der Waals surface area contributed by atoms with Crippen LogP contribution in [0.15, 0.2) is 41.8 Å². The predicted octanol–water partition coefficient (Wildman–Crippen LogP) is 3.21. The van der Waals surface area contributed by atoms with Gasteiger partial charge < -0.3 is 5.32 Å². The molecule has 0 saturated heterocycles. The average molecular weight is 429 g/mol. The van der Waals surface area contributed by atoms with Gasteiger partial charge in [0.2, 0.25) is 0 Å². The summed E-state index contributed by atoms with van der Waals surface area (Å²) in [4.78, 5) is 39.7. The number of nitrogens with one attached hydrogen (secondary N) is 1. The van der Waals surface area contributed by atoms with Crippen molar-refractivity contribution in [1.82, 2.24) is 10.2 Å². The number of allylic oxidation sites excluding steroid dienone is 1. The number of nitrogens with zero attached hydrogens (tertiary/aromatic N) is 2. The summed E-state index contributed by atoms with van der Waals surface area (Å²) in [5.41, 5.74) is 1.85. The maximum atomic E-state index is 13.0. The van der Waals surface area contributed by atoms with Crippen molar-refractivity contribution in [2.24, 2.45) is 5.92 Å². The van der Waals surface area contributed by atoms with Crippen molar-refractivity contribution in [3.05, 3.63) is 47.4 Å². The molecule has 1 aromatic carbocycles. The number of urea groups is 1. The first-order valence-electron chi connectivity index (χ1n) is 10.5. The Balaban J connectivity index is 1.63. The molecule has 2 atom stereocenters. The lowest BCUT2D eigenvalue weighted by atomic mass is 10.1. The van der Waals surface area contributed by atoms with Crippen LogP contribution in [0.1, 0.15) is 39.2 Å². The summed E-state index contributed by atoms with van der Waals surface area (Å²) >= 11 is 1.39. The van der Waals surface area contributed by atoms with Crippen molar-refractivity contribution in [1.29, 1.82) is 0 Å². The number of thioether (sulfide) groups is 1. The van der Waals surface area contributed by atoms with Gasteiger partial charge in [0, 0.05) is 6.04 Å². The molecule has 3 rings (SSSR count). The first-order chi connectivity index (χ1) is 14.4. The third-order valence-electron chi connectivity index (χ3n) is 5.33. The van der Waals surface area contributed by atoms with Crippen LogP contribution in [0.5, 0.6) is 0 Å². The molecule has 160 valence electrons. The van der Waals surface area contributed by atoms with Gasteiger partial charge in [0.25, 0.3) is 5.91 Å². The van der Waals surface area contributed by atoms with E-state index in [4.69, 9.17) is 0 Å². The standard InChI is InChI=1S/C23H29N3O3S/c1-16(2)11-13-25-22(28)21-19(12-14-30-21)26(23(25)29)15-20(27)24-17(3)9-10-18-7-5-4-6-8-18/h4-8,12,14,16-17,21H,9-11,13,15H2,1-3H3/p+1. The van der Waals surface area contributed by atoms with Gasteiger partial charge in [-0.05, 0) is 49.2 Å². The topological polar surface area (TPSA) is 69.5 Å². The molecule has 0 spiro atoms. The van der Waals surface area contributed by atoms with Crippen LogP contribution < -0.4 is 5.32 Å². The Hall–Kier alpha value is -2.41. The summed E-state index contributed by atoms with van der Waals surface area (Å²) in [5, 5.41) is 4.39. The van der Waals surface area contributed by atoms with Crippen LogP contribution >= 0.6 is 11.8 Å². The minimum atomic E-state index is -0.432. The summed E-state index contributed by atoms with van der Waals surface area (Å²) in [6.45, 7) is 6.40. The Bertz CT molecular complexity index is 864. The summed E-state index contributed by atoms with van der Waals surface area (Å²) in [6.07, 6.45) is 4.21. The fourth-order valence-corrected chi connectivity index (χ4v) is 4.53. The maximum absolute atomic E-state index is 13.0. The molecule has 0 bridgehead atoms. The molecule has 2 unspecified atom stereocenters. The molecule has 0 aromatic heterocycles. The lowest BCUT2D eigenvalue weighted by Gasteiger charge is -2.25. The van der Waals surface area contributed by atoms with E-state index in [9.17, 15) is 14.4 Å². The Labute approximate surface area is 182 Å². The number of imide groups is 1. The number of amides is 4. The van der Waals surface area contributed by atoms with E-state index in [0.29, 0.717) is 18.2 Å². The number of carbonyl (C=O) groups excluding carboxylic acids is 3. The van der Waals surface area contributed by atoms with Gasteiger partial charge in [0.15, 0.2) is 11.8 Å². The molecule has 0 radical (unpaired) electrons. The van der Waals surface area contributed by atoms with Crippen molar-refractivity contribution < 1.29 is 19.0 Å².